The van der Waals surface area contributed by atoms with Gasteiger partial charge < -0.3 is 5.32 Å². The minimum Gasteiger partial charge on any atom is -0.323 e. The highest BCUT2D eigenvalue weighted by Crippen LogP contribution is 2.27. The molecule has 0 bridgehead atoms. The van der Waals surface area contributed by atoms with Crippen LogP contribution in [0, 0.1) is 5.92 Å². The van der Waals surface area contributed by atoms with E-state index in [1.54, 1.807) is 12.4 Å². The Hall–Kier alpha value is -2.10. The molecular formula is C13H13N3O. The van der Waals surface area contributed by atoms with Gasteiger partial charge >= 0.3 is 0 Å². The lowest BCUT2D eigenvalue weighted by atomic mass is 10.1. The maximum atomic E-state index is 12.0. The van der Waals surface area contributed by atoms with E-state index in [-0.39, 0.29) is 11.8 Å². The molecule has 4 nitrogen and oxygen atoms in total. The summed E-state index contributed by atoms with van der Waals surface area (Å²) in [6.45, 7) is 0. The van der Waals surface area contributed by atoms with E-state index >= 15 is 0 Å². The molecule has 1 aromatic heterocycles. The molecular weight excluding hydrogens is 214 g/mol. The number of hydrogen-bond donors (Lipinski definition) is 2. The van der Waals surface area contributed by atoms with Gasteiger partial charge in [0.1, 0.15) is 0 Å². The van der Waals surface area contributed by atoms with Gasteiger partial charge in [0, 0.05) is 12.1 Å². The number of rotatable bonds is 2. The van der Waals surface area contributed by atoms with Crippen LogP contribution in [-0.2, 0) is 17.6 Å². The number of aromatic amines is 1. The van der Waals surface area contributed by atoms with Crippen LogP contribution in [0.1, 0.15) is 11.1 Å². The highest BCUT2D eigenvalue weighted by Gasteiger charge is 2.26. The number of hydrogen-bond acceptors (Lipinski definition) is 2. The molecule has 0 unspecified atom stereocenters. The normalized spacial score (nSPS) is 14.6. The maximum absolute atomic E-state index is 12.0. The van der Waals surface area contributed by atoms with Crippen LogP contribution in [0.25, 0.3) is 0 Å². The smallest absolute Gasteiger partial charge is 0.228 e. The summed E-state index contributed by atoms with van der Waals surface area (Å²) < 4.78 is 0. The zero-order chi connectivity index (χ0) is 11.7. The van der Waals surface area contributed by atoms with E-state index in [9.17, 15) is 4.79 Å². The molecule has 1 aliphatic carbocycles. The summed E-state index contributed by atoms with van der Waals surface area (Å²) in [5.74, 6) is 0.116. The van der Waals surface area contributed by atoms with Crippen molar-refractivity contribution in [2.24, 2.45) is 5.92 Å². The van der Waals surface area contributed by atoms with Crippen molar-refractivity contribution in [3.63, 3.8) is 0 Å². The van der Waals surface area contributed by atoms with E-state index < -0.39 is 0 Å². The number of fused-ring (bicyclic) bond motifs is 1. The van der Waals surface area contributed by atoms with Crippen molar-refractivity contribution in [2.75, 3.05) is 5.32 Å². The lowest BCUT2D eigenvalue weighted by Gasteiger charge is -2.08. The minimum atomic E-state index is 0.0438. The summed E-state index contributed by atoms with van der Waals surface area (Å²) in [6.07, 6.45) is 4.96. The zero-order valence-corrected chi connectivity index (χ0v) is 9.31. The molecule has 2 N–H and O–H groups in total. The first-order chi connectivity index (χ1) is 8.33. The summed E-state index contributed by atoms with van der Waals surface area (Å²) in [5, 5.41) is 9.35. The molecule has 86 valence electrons. The molecule has 4 heteroatoms. The van der Waals surface area contributed by atoms with Gasteiger partial charge in [-0.2, -0.15) is 5.10 Å². The topological polar surface area (TPSA) is 57.8 Å². The Morgan fingerprint density at radius 1 is 1.29 bits per heavy atom. The number of carbonyl (C=O) groups excluding carboxylic acids is 1. The van der Waals surface area contributed by atoms with Crippen molar-refractivity contribution >= 4 is 11.6 Å². The Bertz CT molecular complexity index is 508. The van der Waals surface area contributed by atoms with Gasteiger partial charge in [0.05, 0.1) is 11.9 Å². The average Bonchev–Trinajstić information content (AvgIpc) is 2.96. The first kappa shape index (κ1) is 10.1. The van der Waals surface area contributed by atoms with E-state index in [1.165, 1.54) is 11.1 Å². The maximum Gasteiger partial charge on any atom is 0.228 e. The van der Waals surface area contributed by atoms with Crippen LogP contribution in [0.15, 0.2) is 36.7 Å². The summed E-state index contributed by atoms with van der Waals surface area (Å²) >= 11 is 0. The molecule has 0 saturated carbocycles. The van der Waals surface area contributed by atoms with Crippen molar-refractivity contribution in [3.05, 3.63) is 47.8 Å². The number of H-pyrrole nitrogens is 1. The Labute approximate surface area is 99.1 Å². The van der Waals surface area contributed by atoms with E-state index in [0.717, 1.165) is 18.5 Å². The second-order valence-electron chi connectivity index (χ2n) is 4.35. The third-order valence-corrected chi connectivity index (χ3v) is 3.19. The van der Waals surface area contributed by atoms with Gasteiger partial charge in [-0.3, -0.25) is 9.89 Å². The van der Waals surface area contributed by atoms with Gasteiger partial charge in [0.15, 0.2) is 0 Å². The van der Waals surface area contributed by atoms with E-state index in [0.29, 0.717) is 0 Å². The van der Waals surface area contributed by atoms with Gasteiger partial charge in [-0.25, -0.2) is 0 Å². The van der Waals surface area contributed by atoms with Gasteiger partial charge in [-0.15, -0.1) is 0 Å². The van der Waals surface area contributed by atoms with Gasteiger partial charge in [0.2, 0.25) is 5.91 Å². The fraction of sp³-hybridized carbons (Fsp3) is 0.231. The number of benzene rings is 1. The van der Waals surface area contributed by atoms with Crippen molar-refractivity contribution in [3.8, 4) is 0 Å². The third kappa shape index (κ3) is 1.93. The fourth-order valence-corrected chi connectivity index (χ4v) is 2.31. The van der Waals surface area contributed by atoms with Gasteiger partial charge in [-0.05, 0) is 24.0 Å². The predicted octanol–water partition coefficient (Wildman–Crippen LogP) is 1.76. The highest BCUT2D eigenvalue weighted by molar-refractivity contribution is 5.93. The number of nitrogens with one attached hydrogen (secondary N) is 2. The summed E-state index contributed by atoms with van der Waals surface area (Å²) in [4.78, 5) is 12.0. The monoisotopic (exact) mass is 227 g/mol. The number of aromatic nitrogens is 2. The molecule has 0 fully saturated rings. The van der Waals surface area contributed by atoms with Crippen molar-refractivity contribution < 1.29 is 4.79 Å². The molecule has 2 aromatic rings. The van der Waals surface area contributed by atoms with Crippen LogP contribution >= 0.6 is 0 Å². The van der Waals surface area contributed by atoms with Crippen molar-refractivity contribution in [2.45, 2.75) is 12.8 Å². The van der Waals surface area contributed by atoms with Crippen molar-refractivity contribution in [1.82, 2.24) is 10.2 Å². The first-order valence-corrected chi connectivity index (χ1v) is 5.69. The second kappa shape index (κ2) is 4.05. The molecule has 0 atom stereocenters. The SMILES string of the molecule is O=C(Nc1cn[nH]c1)C1Cc2ccccc2C1. The van der Waals surface area contributed by atoms with Gasteiger partial charge in [-0.1, -0.05) is 24.3 Å². The zero-order valence-electron chi connectivity index (χ0n) is 9.31. The van der Waals surface area contributed by atoms with Crippen LogP contribution in [0.2, 0.25) is 0 Å². The lowest BCUT2D eigenvalue weighted by Crippen LogP contribution is -2.22. The molecule has 1 amide bonds. The lowest BCUT2D eigenvalue weighted by molar-refractivity contribution is -0.119. The Balaban J connectivity index is 1.70. The second-order valence-corrected chi connectivity index (χ2v) is 4.35. The van der Waals surface area contributed by atoms with Crippen molar-refractivity contribution in [1.29, 1.82) is 0 Å². The van der Waals surface area contributed by atoms with E-state index in [4.69, 9.17) is 0 Å². The Morgan fingerprint density at radius 2 is 2.00 bits per heavy atom. The predicted molar refractivity (Wildman–Crippen MR) is 64.6 cm³/mol. The Kier molecular flexibility index (Phi) is 2.40. The van der Waals surface area contributed by atoms with Gasteiger partial charge in [0.25, 0.3) is 0 Å². The highest BCUT2D eigenvalue weighted by atomic mass is 16.1. The van der Waals surface area contributed by atoms with Crippen LogP contribution in [-0.4, -0.2) is 16.1 Å². The molecule has 0 aliphatic heterocycles. The number of anilines is 1. The minimum absolute atomic E-state index is 0.0438. The molecule has 0 spiro atoms. The van der Waals surface area contributed by atoms with Crippen LogP contribution in [0.4, 0.5) is 5.69 Å². The van der Waals surface area contributed by atoms with Crippen LogP contribution in [0.3, 0.4) is 0 Å². The van der Waals surface area contributed by atoms with E-state index in [1.807, 2.05) is 12.1 Å². The average molecular weight is 227 g/mol. The van der Waals surface area contributed by atoms with E-state index in [2.05, 4.69) is 27.6 Å². The first-order valence-electron chi connectivity index (χ1n) is 5.69. The molecule has 0 saturated heterocycles. The molecule has 1 heterocycles. The Morgan fingerprint density at radius 3 is 2.59 bits per heavy atom. The third-order valence-electron chi connectivity index (χ3n) is 3.19. The number of nitrogens with zero attached hydrogens (tertiary/aromatic N) is 1. The fourth-order valence-electron chi connectivity index (χ4n) is 2.31. The molecule has 1 aliphatic rings. The summed E-state index contributed by atoms with van der Waals surface area (Å²) in [7, 11) is 0. The quantitative estimate of drug-likeness (QED) is 0.821. The number of carbonyl (C=O) groups is 1. The summed E-state index contributed by atoms with van der Waals surface area (Å²) in [5.41, 5.74) is 3.31. The summed E-state index contributed by atoms with van der Waals surface area (Å²) in [6, 6.07) is 8.24. The molecule has 1 aromatic carbocycles. The van der Waals surface area contributed by atoms with Crippen LogP contribution in [0.5, 0.6) is 0 Å². The molecule has 0 radical (unpaired) electrons. The standard InChI is InChI=1S/C13H13N3O/c17-13(16-12-7-14-15-8-12)11-5-9-3-1-2-4-10(9)6-11/h1-4,7-8,11H,5-6H2,(H,14,15)(H,16,17). The van der Waals surface area contributed by atoms with Crippen LogP contribution < -0.4 is 5.32 Å². The largest absolute Gasteiger partial charge is 0.323 e. The molecule has 17 heavy (non-hydrogen) atoms. The number of amides is 1. The molecule has 3 rings (SSSR count).